The van der Waals surface area contributed by atoms with Gasteiger partial charge in [-0.05, 0) is 99.2 Å². The van der Waals surface area contributed by atoms with E-state index < -0.39 is 0 Å². The van der Waals surface area contributed by atoms with Crippen LogP contribution >= 0.6 is 11.8 Å². The second-order valence-corrected chi connectivity index (χ2v) is 11.0. The third-order valence-electron chi connectivity index (χ3n) is 6.83. The number of hydrogen-bond acceptors (Lipinski definition) is 2. The molecule has 35 heavy (non-hydrogen) atoms. The monoisotopic (exact) mass is 479 g/mol. The molecule has 0 spiro atoms. The number of anilines is 1. The number of rotatable bonds is 8. The van der Waals surface area contributed by atoms with Crippen molar-refractivity contribution in [3.8, 4) is 0 Å². The van der Waals surface area contributed by atoms with Crippen molar-refractivity contribution in [2.45, 2.75) is 65.3 Å². The fourth-order valence-electron chi connectivity index (χ4n) is 4.46. The summed E-state index contributed by atoms with van der Waals surface area (Å²) in [5, 5.41) is 0. The summed E-state index contributed by atoms with van der Waals surface area (Å²) in [6.07, 6.45) is 0. The van der Waals surface area contributed by atoms with Gasteiger partial charge in [-0.3, -0.25) is 0 Å². The Hall–Kier alpha value is -2.97. The molecule has 4 aromatic carbocycles. The van der Waals surface area contributed by atoms with E-state index in [9.17, 15) is 0 Å². The molecule has 0 amide bonds. The second-order valence-electron chi connectivity index (χ2n) is 9.93. The van der Waals surface area contributed by atoms with Crippen LogP contribution in [0.1, 0.15) is 50.1 Å². The van der Waals surface area contributed by atoms with Gasteiger partial charge in [0.05, 0.1) is 0 Å². The maximum absolute atomic E-state index is 2.52. The summed E-state index contributed by atoms with van der Waals surface area (Å²) >= 11 is 1.92. The average molecular weight is 480 g/mol. The Morgan fingerprint density at radius 1 is 0.514 bits per heavy atom. The van der Waals surface area contributed by atoms with Crippen LogP contribution in [0.3, 0.4) is 0 Å². The molecule has 0 aromatic heterocycles. The van der Waals surface area contributed by atoms with Crippen molar-refractivity contribution in [3.05, 3.63) is 129 Å². The van der Waals surface area contributed by atoms with Gasteiger partial charge in [0, 0.05) is 29.4 Å². The predicted octanol–water partition coefficient (Wildman–Crippen LogP) is 9.04. The first-order valence-electron chi connectivity index (χ1n) is 12.4. The summed E-state index contributed by atoms with van der Waals surface area (Å²) in [6.45, 7) is 15.0. The molecule has 0 saturated carbocycles. The van der Waals surface area contributed by atoms with Crippen LogP contribution in [-0.2, 0) is 18.8 Å². The van der Waals surface area contributed by atoms with E-state index in [1.807, 2.05) is 11.8 Å². The molecule has 0 unspecified atom stereocenters. The van der Waals surface area contributed by atoms with Crippen LogP contribution in [0.4, 0.5) is 5.69 Å². The SMILES string of the molecule is Cc1ccc(C)c(CSc2ccc(N(Cc3cc(C)ccc3C)Cc3cc(C)ccc3C)cc2)c1. The van der Waals surface area contributed by atoms with Crippen molar-refractivity contribution in [3.63, 3.8) is 0 Å². The Morgan fingerprint density at radius 2 is 0.943 bits per heavy atom. The van der Waals surface area contributed by atoms with E-state index in [-0.39, 0.29) is 0 Å². The van der Waals surface area contributed by atoms with Crippen molar-refractivity contribution in [2.24, 2.45) is 0 Å². The van der Waals surface area contributed by atoms with Crippen LogP contribution in [0.2, 0.25) is 0 Å². The Labute approximate surface area is 216 Å². The van der Waals surface area contributed by atoms with E-state index in [0.29, 0.717) is 0 Å². The highest BCUT2D eigenvalue weighted by molar-refractivity contribution is 7.98. The van der Waals surface area contributed by atoms with Crippen LogP contribution in [0.15, 0.2) is 83.8 Å². The smallest absolute Gasteiger partial charge is 0.0435 e. The van der Waals surface area contributed by atoms with Gasteiger partial charge in [-0.15, -0.1) is 11.8 Å². The lowest BCUT2D eigenvalue weighted by molar-refractivity contribution is 0.790. The topological polar surface area (TPSA) is 3.24 Å². The average Bonchev–Trinajstić information content (AvgIpc) is 2.84. The minimum atomic E-state index is 0.899. The fraction of sp³-hybridized carbons (Fsp3) is 0.273. The Kier molecular flexibility index (Phi) is 8.03. The van der Waals surface area contributed by atoms with Gasteiger partial charge in [0.25, 0.3) is 0 Å². The third kappa shape index (κ3) is 6.58. The summed E-state index contributed by atoms with van der Waals surface area (Å²) < 4.78 is 0. The van der Waals surface area contributed by atoms with Crippen molar-refractivity contribution >= 4 is 17.4 Å². The minimum Gasteiger partial charge on any atom is -0.363 e. The molecule has 4 rings (SSSR count). The zero-order valence-corrected chi connectivity index (χ0v) is 22.8. The van der Waals surface area contributed by atoms with Gasteiger partial charge < -0.3 is 4.90 Å². The van der Waals surface area contributed by atoms with Crippen molar-refractivity contribution in [2.75, 3.05) is 4.90 Å². The van der Waals surface area contributed by atoms with Gasteiger partial charge in [-0.25, -0.2) is 0 Å². The molecule has 2 heteroatoms. The first-order chi connectivity index (χ1) is 16.8. The van der Waals surface area contributed by atoms with E-state index in [0.717, 1.165) is 18.8 Å². The number of benzene rings is 4. The molecule has 0 N–H and O–H groups in total. The summed E-state index contributed by atoms with van der Waals surface area (Å²) in [5.41, 5.74) is 13.5. The lowest BCUT2D eigenvalue weighted by atomic mass is 10.0. The number of hydrogen-bond donors (Lipinski definition) is 0. The van der Waals surface area contributed by atoms with Crippen molar-refractivity contribution < 1.29 is 0 Å². The van der Waals surface area contributed by atoms with E-state index in [1.165, 1.54) is 60.7 Å². The van der Waals surface area contributed by atoms with Crippen LogP contribution in [0.25, 0.3) is 0 Å². The maximum atomic E-state index is 2.52. The number of nitrogens with zero attached hydrogens (tertiary/aromatic N) is 1. The van der Waals surface area contributed by atoms with Crippen LogP contribution < -0.4 is 4.90 Å². The largest absolute Gasteiger partial charge is 0.363 e. The standard InChI is InChI=1S/C33H37NS/c1-23-7-10-26(4)29(17-23)20-34(21-30-18-24(2)8-11-27(30)5)32-13-15-33(16-14-32)35-22-31-19-25(3)9-12-28(31)6/h7-19H,20-22H2,1-6H3. The minimum absolute atomic E-state index is 0.899. The molecule has 0 aliphatic rings. The zero-order chi connectivity index (χ0) is 24.9. The molecule has 0 atom stereocenters. The van der Waals surface area contributed by atoms with Crippen LogP contribution in [0.5, 0.6) is 0 Å². The quantitative estimate of drug-likeness (QED) is 0.232. The number of aryl methyl sites for hydroxylation is 6. The maximum Gasteiger partial charge on any atom is 0.0435 e. The fourth-order valence-corrected chi connectivity index (χ4v) is 5.42. The van der Waals surface area contributed by atoms with E-state index in [4.69, 9.17) is 0 Å². The highest BCUT2D eigenvalue weighted by atomic mass is 32.2. The highest BCUT2D eigenvalue weighted by Crippen LogP contribution is 2.29. The van der Waals surface area contributed by atoms with Crippen molar-refractivity contribution in [1.29, 1.82) is 0 Å². The predicted molar refractivity (Wildman–Crippen MR) is 154 cm³/mol. The third-order valence-corrected chi connectivity index (χ3v) is 7.89. The van der Waals surface area contributed by atoms with Gasteiger partial charge >= 0.3 is 0 Å². The molecule has 0 heterocycles. The molecule has 0 fully saturated rings. The van der Waals surface area contributed by atoms with E-state index in [1.54, 1.807) is 0 Å². The van der Waals surface area contributed by atoms with Crippen LogP contribution in [-0.4, -0.2) is 0 Å². The number of thioether (sulfide) groups is 1. The van der Waals surface area contributed by atoms with Gasteiger partial charge in [0.15, 0.2) is 0 Å². The van der Waals surface area contributed by atoms with Gasteiger partial charge in [-0.2, -0.15) is 0 Å². The zero-order valence-electron chi connectivity index (χ0n) is 22.0. The van der Waals surface area contributed by atoms with Gasteiger partial charge in [0.2, 0.25) is 0 Å². The molecule has 0 aliphatic heterocycles. The molecular weight excluding hydrogens is 442 g/mol. The summed E-state index contributed by atoms with van der Waals surface area (Å²) in [6, 6.07) is 29.4. The molecule has 180 valence electrons. The summed E-state index contributed by atoms with van der Waals surface area (Å²) in [7, 11) is 0. The second kappa shape index (κ2) is 11.2. The van der Waals surface area contributed by atoms with E-state index in [2.05, 4.69) is 125 Å². The molecule has 0 saturated heterocycles. The summed E-state index contributed by atoms with van der Waals surface area (Å²) in [4.78, 5) is 3.83. The highest BCUT2D eigenvalue weighted by Gasteiger charge is 2.13. The van der Waals surface area contributed by atoms with Crippen LogP contribution in [0, 0.1) is 41.5 Å². The normalized spacial score (nSPS) is 11.0. The lowest BCUT2D eigenvalue weighted by Gasteiger charge is -2.27. The molecular formula is C33H37NS. The molecule has 0 aliphatic carbocycles. The lowest BCUT2D eigenvalue weighted by Crippen LogP contribution is -2.23. The molecule has 0 radical (unpaired) electrons. The Balaban J connectivity index is 1.57. The van der Waals surface area contributed by atoms with Gasteiger partial charge in [0.1, 0.15) is 0 Å². The van der Waals surface area contributed by atoms with Crippen molar-refractivity contribution in [1.82, 2.24) is 0 Å². The summed E-state index contributed by atoms with van der Waals surface area (Å²) in [5.74, 6) is 1.00. The molecule has 4 aromatic rings. The first-order valence-corrected chi connectivity index (χ1v) is 13.4. The first kappa shape index (κ1) is 25.1. The van der Waals surface area contributed by atoms with E-state index >= 15 is 0 Å². The molecule has 1 nitrogen and oxygen atoms in total. The Morgan fingerprint density at radius 3 is 1.43 bits per heavy atom. The molecule has 0 bridgehead atoms. The Bertz CT molecular complexity index is 1250. The van der Waals surface area contributed by atoms with Gasteiger partial charge in [-0.1, -0.05) is 71.3 Å².